The molecule has 3 atom stereocenters. The lowest BCUT2D eigenvalue weighted by molar-refractivity contribution is -0.134. The zero-order valence-corrected chi connectivity index (χ0v) is 23.7. The number of anilines is 2. The van der Waals surface area contributed by atoms with Crippen LogP contribution in [0, 0.1) is 19.8 Å². The molecule has 0 unspecified atom stereocenters. The standard InChI is InChI=1S/C27H40N6O6/c1-15(2)28-27(37)32(7)13-23-16(3)12-33(17(4)14-34)24(35)11-20-10-21(8-9-22(20)38-23)29-26(36)30-25-18(5)31-39-19(25)6/h8-10,15-17,23,34H,11-14H2,1-7H3,(H,28,37)(H2,29,30,36)/t16-,17-,23+/m0/s1. The third-order valence-electron chi connectivity index (χ3n) is 6.66. The minimum Gasteiger partial charge on any atom is -0.488 e. The lowest BCUT2D eigenvalue weighted by Gasteiger charge is -2.34. The van der Waals surface area contributed by atoms with E-state index in [1.165, 1.54) is 0 Å². The number of aliphatic hydroxyl groups is 1. The Bertz CT molecular complexity index is 1160. The number of likely N-dealkylation sites (N-methyl/N-ethyl adjacent to an activating group) is 1. The van der Waals surface area contributed by atoms with E-state index in [4.69, 9.17) is 9.26 Å². The first-order valence-corrected chi connectivity index (χ1v) is 13.1. The summed E-state index contributed by atoms with van der Waals surface area (Å²) in [5.74, 6) is 0.661. The predicted molar refractivity (Wildman–Crippen MR) is 147 cm³/mol. The molecule has 1 aromatic carbocycles. The van der Waals surface area contributed by atoms with Crippen molar-refractivity contribution in [2.24, 2.45) is 5.92 Å². The fourth-order valence-corrected chi connectivity index (χ4v) is 4.37. The topological polar surface area (TPSA) is 149 Å². The number of benzene rings is 1. The highest BCUT2D eigenvalue weighted by Crippen LogP contribution is 2.29. The maximum atomic E-state index is 13.4. The van der Waals surface area contributed by atoms with Crippen LogP contribution in [0.4, 0.5) is 21.0 Å². The second-order valence-corrected chi connectivity index (χ2v) is 10.5. The Balaban J connectivity index is 1.88. The molecule has 4 N–H and O–H groups in total. The normalized spacial score (nSPS) is 18.3. The number of ether oxygens (including phenoxy) is 1. The third-order valence-corrected chi connectivity index (χ3v) is 6.66. The van der Waals surface area contributed by atoms with Crippen molar-refractivity contribution in [3.63, 3.8) is 0 Å². The molecule has 2 heterocycles. The zero-order chi connectivity index (χ0) is 28.9. The Hall–Kier alpha value is -3.80. The van der Waals surface area contributed by atoms with E-state index in [9.17, 15) is 19.5 Å². The molecule has 0 saturated carbocycles. The summed E-state index contributed by atoms with van der Waals surface area (Å²) >= 11 is 0. The molecule has 0 saturated heterocycles. The highest BCUT2D eigenvalue weighted by Gasteiger charge is 2.32. The summed E-state index contributed by atoms with van der Waals surface area (Å²) in [7, 11) is 1.70. The van der Waals surface area contributed by atoms with E-state index in [2.05, 4.69) is 21.1 Å². The number of urea groups is 2. The SMILES string of the molecule is Cc1noc(C)c1NC(=O)Nc1ccc2c(c1)CC(=O)N([C@@H](C)CO)C[C@H](C)[C@@H](CN(C)C(=O)NC(C)C)O2. The smallest absolute Gasteiger partial charge is 0.323 e. The Morgan fingerprint density at radius 3 is 2.56 bits per heavy atom. The van der Waals surface area contributed by atoms with Crippen molar-refractivity contribution in [1.82, 2.24) is 20.3 Å². The number of nitrogens with one attached hydrogen (secondary N) is 3. The number of carbonyl (C=O) groups is 3. The first-order chi connectivity index (χ1) is 18.4. The average molecular weight is 545 g/mol. The molecule has 0 radical (unpaired) electrons. The Morgan fingerprint density at radius 2 is 1.95 bits per heavy atom. The van der Waals surface area contributed by atoms with E-state index in [1.807, 2.05) is 20.8 Å². The summed E-state index contributed by atoms with van der Waals surface area (Å²) in [4.78, 5) is 41.8. The van der Waals surface area contributed by atoms with Crippen LogP contribution in [0.25, 0.3) is 0 Å². The van der Waals surface area contributed by atoms with Crippen molar-refractivity contribution in [1.29, 1.82) is 0 Å². The Kier molecular flexibility index (Phi) is 9.79. The average Bonchev–Trinajstić information content (AvgIpc) is 3.20. The van der Waals surface area contributed by atoms with Gasteiger partial charge in [0.05, 0.1) is 25.6 Å². The summed E-state index contributed by atoms with van der Waals surface area (Å²) in [5.41, 5.74) is 2.10. The van der Waals surface area contributed by atoms with Crippen LogP contribution >= 0.6 is 0 Å². The van der Waals surface area contributed by atoms with E-state index in [1.54, 1.807) is 55.8 Å². The molecule has 2 aromatic rings. The van der Waals surface area contributed by atoms with Crippen molar-refractivity contribution in [3.8, 4) is 5.75 Å². The van der Waals surface area contributed by atoms with Crippen LogP contribution in [0.5, 0.6) is 5.75 Å². The van der Waals surface area contributed by atoms with Gasteiger partial charge < -0.3 is 40.1 Å². The number of nitrogens with zero attached hydrogens (tertiary/aromatic N) is 3. The first-order valence-electron chi connectivity index (χ1n) is 13.1. The van der Waals surface area contributed by atoms with Gasteiger partial charge in [0, 0.05) is 36.8 Å². The lowest BCUT2D eigenvalue weighted by Crippen LogP contribution is -2.49. The number of hydrogen-bond acceptors (Lipinski definition) is 7. The van der Waals surface area contributed by atoms with Gasteiger partial charge in [-0.2, -0.15) is 0 Å². The minimum absolute atomic E-state index is 0.0150. The van der Waals surface area contributed by atoms with Crippen molar-refractivity contribution in [3.05, 3.63) is 35.2 Å². The second kappa shape index (κ2) is 12.8. The number of aryl methyl sites for hydroxylation is 2. The predicted octanol–water partition coefficient (Wildman–Crippen LogP) is 3.13. The first kappa shape index (κ1) is 29.8. The van der Waals surface area contributed by atoms with Crippen molar-refractivity contribution in [2.75, 3.05) is 37.4 Å². The molecule has 214 valence electrons. The number of fused-ring (bicyclic) bond motifs is 1. The molecule has 0 aliphatic carbocycles. The molecule has 12 heteroatoms. The molecular formula is C27H40N6O6. The van der Waals surface area contributed by atoms with Crippen LogP contribution in [-0.4, -0.2) is 83.0 Å². The van der Waals surface area contributed by atoms with Crippen molar-refractivity contribution < 1.29 is 28.8 Å². The molecule has 3 rings (SSSR count). The largest absolute Gasteiger partial charge is 0.488 e. The Labute approximate surface area is 229 Å². The maximum absolute atomic E-state index is 13.4. The molecule has 1 aliphatic rings. The maximum Gasteiger partial charge on any atom is 0.323 e. The van der Waals surface area contributed by atoms with E-state index < -0.39 is 18.2 Å². The van der Waals surface area contributed by atoms with E-state index >= 15 is 0 Å². The number of aliphatic hydroxyl groups excluding tert-OH is 1. The number of carbonyl (C=O) groups excluding carboxylic acids is 3. The van der Waals surface area contributed by atoms with Gasteiger partial charge in [0.1, 0.15) is 23.2 Å². The molecule has 1 aliphatic heterocycles. The molecule has 1 aromatic heterocycles. The van der Waals surface area contributed by atoms with Gasteiger partial charge in [-0.3, -0.25) is 4.79 Å². The Morgan fingerprint density at radius 1 is 1.23 bits per heavy atom. The van der Waals surface area contributed by atoms with Gasteiger partial charge in [0.2, 0.25) is 5.91 Å². The van der Waals surface area contributed by atoms with Gasteiger partial charge in [-0.15, -0.1) is 0 Å². The van der Waals surface area contributed by atoms with Crippen LogP contribution in [0.1, 0.15) is 44.7 Å². The van der Waals surface area contributed by atoms with Gasteiger partial charge >= 0.3 is 12.1 Å². The molecule has 0 fully saturated rings. The molecular weight excluding hydrogens is 504 g/mol. The van der Waals surface area contributed by atoms with Gasteiger partial charge in [0.15, 0.2) is 5.76 Å². The number of hydrogen-bond donors (Lipinski definition) is 4. The molecule has 12 nitrogen and oxygen atoms in total. The highest BCUT2D eigenvalue weighted by molar-refractivity contribution is 6.00. The van der Waals surface area contributed by atoms with Crippen LogP contribution < -0.4 is 20.7 Å². The minimum atomic E-state index is -0.487. The second-order valence-electron chi connectivity index (χ2n) is 10.5. The van der Waals surface area contributed by atoms with E-state index in [-0.39, 0.29) is 43.5 Å². The van der Waals surface area contributed by atoms with Gasteiger partial charge in [-0.25, -0.2) is 9.59 Å². The van der Waals surface area contributed by atoms with Gasteiger partial charge in [-0.05, 0) is 52.8 Å². The quantitative estimate of drug-likeness (QED) is 0.418. The van der Waals surface area contributed by atoms with Crippen LogP contribution in [0.2, 0.25) is 0 Å². The lowest BCUT2D eigenvalue weighted by atomic mass is 10.0. The van der Waals surface area contributed by atoms with Crippen LogP contribution in [0.3, 0.4) is 0 Å². The third kappa shape index (κ3) is 7.62. The van der Waals surface area contributed by atoms with E-state index in [0.717, 1.165) is 0 Å². The monoisotopic (exact) mass is 544 g/mol. The van der Waals surface area contributed by atoms with Crippen molar-refractivity contribution >= 4 is 29.3 Å². The van der Waals surface area contributed by atoms with Crippen molar-refractivity contribution in [2.45, 2.75) is 66.2 Å². The highest BCUT2D eigenvalue weighted by atomic mass is 16.5. The fraction of sp³-hybridized carbons (Fsp3) is 0.556. The van der Waals surface area contributed by atoms with E-state index in [0.29, 0.717) is 40.7 Å². The molecule has 0 bridgehead atoms. The number of amides is 5. The van der Waals surface area contributed by atoms with Crippen LogP contribution in [-0.2, 0) is 11.2 Å². The molecule has 0 spiro atoms. The van der Waals surface area contributed by atoms with Crippen LogP contribution in [0.15, 0.2) is 22.7 Å². The number of rotatable bonds is 7. The molecule has 5 amide bonds. The fourth-order valence-electron chi connectivity index (χ4n) is 4.37. The zero-order valence-electron chi connectivity index (χ0n) is 23.7. The summed E-state index contributed by atoms with van der Waals surface area (Å²) in [6.45, 7) is 11.4. The van der Waals surface area contributed by atoms with Gasteiger partial charge in [-0.1, -0.05) is 12.1 Å². The molecule has 39 heavy (non-hydrogen) atoms. The number of aromatic nitrogens is 1. The summed E-state index contributed by atoms with van der Waals surface area (Å²) in [6.07, 6.45) is -0.420. The van der Waals surface area contributed by atoms with Gasteiger partial charge in [0.25, 0.3) is 0 Å². The summed E-state index contributed by atoms with van der Waals surface area (Å²) in [5, 5.41) is 22.0. The summed E-state index contributed by atoms with van der Waals surface area (Å²) in [6, 6.07) is 3.99. The summed E-state index contributed by atoms with van der Waals surface area (Å²) < 4.78 is 11.5.